The molecule has 82 valence electrons. The molecule has 1 saturated carbocycles. The molecular weight excluding hydrogens is 184 g/mol. The lowest BCUT2D eigenvalue weighted by Crippen LogP contribution is -2.04. The van der Waals surface area contributed by atoms with Crippen molar-refractivity contribution in [1.82, 2.24) is 0 Å². The summed E-state index contributed by atoms with van der Waals surface area (Å²) in [5.74, 6) is 0.811. The van der Waals surface area contributed by atoms with Gasteiger partial charge in [0.05, 0.1) is 0 Å². The summed E-state index contributed by atoms with van der Waals surface area (Å²) in [6.45, 7) is 6.06. The maximum atomic E-state index is 11.5. The van der Waals surface area contributed by atoms with E-state index in [9.17, 15) is 4.79 Å². The van der Waals surface area contributed by atoms with Gasteiger partial charge < -0.3 is 0 Å². The summed E-state index contributed by atoms with van der Waals surface area (Å²) in [6, 6.07) is 8.21. The van der Waals surface area contributed by atoms with Crippen LogP contribution in [0.3, 0.4) is 0 Å². The topological polar surface area (TPSA) is 17.1 Å². The van der Waals surface area contributed by atoms with Gasteiger partial charge in [0.25, 0.3) is 0 Å². The van der Waals surface area contributed by atoms with E-state index in [1.54, 1.807) is 0 Å². The summed E-state index contributed by atoms with van der Waals surface area (Å²) in [5, 5.41) is 0. The summed E-state index contributed by atoms with van der Waals surface area (Å²) in [5.41, 5.74) is 2.40. The first kappa shape index (κ1) is 12.0. The molecule has 15 heavy (non-hydrogen) atoms. The summed E-state index contributed by atoms with van der Waals surface area (Å²) in [6.07, 6.45) is 2.86. The molecule has 0 N–H and O–H groups in total. The molecule has 0 aliphatic heterocycles. The second kappa shape index (κ2) is 5.69. The third-order valence-electron chi connectivity index (χ3n) is 2.49. The van der Waals surface area contributed by atoms with Crippen LogP contribution in [0.15, 0.2) is 24.3 Å². The normalized spacial score (nSPS) is 14.1. The predicted molar refractivity (Wildman–Crippen MR) is 64.0 cm³/mol. The monoisotopic (exact) mass is 204 g/mol. The summed E-state index contributed by atoms with van der Waals surface area (Å²) < 4.78 is 0. The second-order valence-electron chi connectivity index (χ2n) is 3.91. The molecule has 1 aliphatic rings. The molecule has 1 aromatic rings. The maximum Gasteiger partial charge on any atom is 0.140 e. The molecule has 2 rings (SSSR count). The lowest BCUT2D eigenvalue weighted by molar-refractivity contribution is -0.119. The van der Waals surface area contributed by atoms with Crippen molar-refractivity contribution in [3.63, 3.8) is 0 Å². The molecule has 1 aliphatic carbocycles. The maximum absolute atomic E-state index is 11.5. The van der Waals surface area contributed by atoms with Crippen LogP contribution >= 0.6 is 0 Å². The summed E-state index contributed by atoms with van der Waals surface area (Å²) >= 11 is 0. The van der Waals surface area contributed by atoms with E-state index in [0.29, 0.717) is 18.1 Å². The zero-order valence-corrected chi connectivity index (χ0v) is 9.92. The Bertz CT molecular complexity index is 324. The zero-order valence-electron chi connectivity index (χ0n) is 9.92. The van der Waals surface area contributed by atoms with Gasteiger partial charge in [0, 0.05) is 12.3 Å². The number of benzene rings is 1. The predicted octanol–water partition coefficient (Wildman–Crippen LogP) is 3.54. The molecule has 0 spiro atoms. The number of rotatable bonds is 3. The van der Waals surface area contributed by atoms with Gasteiger partial charge in [0.1, 0.15) is 5.78 Å². The number of hydrogen-bond acceptors (Lipinski definition) is 1. The Balaban J connectivity index is 0.000000531. The van der Waals surface area contributed by atoms with Crippen molar-refractivity contribution in [2.24, 2.45) is 5.92 Å². The van der Waals surface area contributed by atoms with E-state index in [0.717, 1.165) is 18.4 Å². The molecule has 0 bridgehead atoms. The average molecular weight is 204 g/mol. The number of hydrogen-bond donors (Lipinski definition) is 0. The van der Waals surface area contributed by atoms with E-state index in [1.807, 2.05) is 26.0 Å². The van der Waals surface area contributed by atoms with Crippen molar-refractivity contribution < 1.29 is 4.79 Å². The van der Waals surface area contributed by atoms with Crippen molar-refractivity contribution in [3.8, 4) is 0 Å². The molecule has 0 radical (unpaired) electrons. The van der Waals surface area contributed by atoms with Crippen molar-refractivity contribution in [2.75, 3.05) is 0 Å². The first-order chi connectivity index (χ1) is 7.25. The summed E-state index contributed by atoms with van der Waals surface area (Å²) in [7, 11) is 0. The fraction of sp³-hybridized carbons (Fsp3) is 0.500. The standard InChI is InChI=1S/C12H14O.C2H6/c1-9-3-2-4-10(7-9)8-12(13)11-5-6-11;1-2/h2-4,7,11H,5-6,8H2,1H3;1-2H3. The van der Waals surface area contributed by atoms with Crippen LogP contribution in [0.5, 0.6) is 0 Å². The number of carbonyl (C=O) groups is 1. The molecule has 0 heterocycles. The number of aryl methyl sites for hydroxylation is 1. The molecule has 1 fully saturated rings. The molecule has 0 amide bonds. The van der Waals surface area contributed by atoms with E-state index in [2.05, 4.69) is 19.1 Å². The van der Waals surface area contributed by atoms with Crippen LogP contribution in [-0.2, 0) is 11.2 Å². The van der Waals surface area contributed by atoms with Gasteiger partial charge in [-0.3, -0.25) is 4.79 Å². The van der Waals surface area contributed by atoms with E-state index in [1.165, 1.54) is 5.56 Å². The van der Waals surface area contributed by atoms with Crippen LogP contribution in [0, 0.1) is 12.8 Å². The van der Waals surface area contributed by atoms with E-state index in [-0.39, 0.29) is 0 Å². The van der Waals surface area contributed by atoms with Gasteiger partial charge in [-0.15, -0.1) is 0 Å². The molecule has 1 heteroatoms. The van der Waals surface area contributed by atoms with E-state index >= 15 is 0 Å². The van der Waals surface area contributed by atoms with Crippen LogP contribution < -0.4 is 0 Å². The highest BCUT2D eigenvalue weighted by Crippen LogP contribution is 2.30. The number of Topliss-reactive ketones (excluding diaryl/α,β-unsaturated/α-hetero) is 1. The minimum absolute atomic E-state index is 0.389. The fourth-order valence-electron chi connectivity index (χ4n) is 1.57. The van der Waals surface area contributed by atoms with Crippen LogP contribution in [0.25, 0.3) is 0 Å². The molecular formula is C14H20O. The highest BCUT2D eigenvalue weighted by atomic mass is 16.1. The lowest BCUT2D eigenvalue weighted by atomic mass is 10.0. The first-order valence-corrected chi connectivity index (χ1v) is 5.84. The summed E-state index contributed by atoms with van der Waals surface area (Å²) in [4.78, 5) is 11.5. The second-order valence-corrected chi connectivity index (χ2v) is 3.91. The van der Waals surface area contributed by atoms with Crippen molar-refractivity contribution in [2.45, 2.75) is 40.0 Å². The number of carbonyl (C=O) groups excluding carboxylic acids is 1. The van der Waals surface area contributed by atoms with Gasteiger partial charge in [-0.25, -0.2) is 0 Å². The number of ketones is 1. The highest BCUT2D eigenvalue weighted by Gasteiger charge is 2.28. The Labute approximate surface area is 92.5 Å². The van der Waals surface area contributed by atoms with Crippen LogP contribution in [0.2, 0.25) is 0 Å². The smallest absolute Gasteiger partial charge is 0.140 e. The zero-order chi connectivity index (χ0) is 11.3. The molecule has 0 saturated heterocycles. The molecule has 0 atom stereocenters. The van der Waals surface area contributed by atoms with Gasteiger partial charge in [0.15, 0.2) is 0 Å². The quantitative estimate of drug-likeness (QED) is 0.736. The van der Waals surface area contributed by atoms with Gasteiger partial charge in [-0.2, -0.15) is 0 Å². The van der Waals surface area contributed by atoms with Crippen LogP contribution in [0.1, 0.15) is 37.8 Å². The van der Waals surface area contributed by atoms with Gasteiger partial charge >= 0.3 is 0 Å². The minimum Gasteiger partial charge on any atom is -0.299 e. The Morgan fingerprint density at radius 3 is 2.53 bits per heavy atom. The Morgan fingerprint density at radius 1 is 1.33 bits per heavy atom. The molecule has 0 unspecified atom stereocenters. The highest BCUT2D eigenvalue weighted by molar-refractivity contribution is 5.85. The van der Waals surface area contributed by atoms with Gasteiger partial charge in [-0.1, -0.05) is 43.7 Å². The third kappa shape index (κ3) is 3.86. The fourth-order valence-corrected chi connectivity index (χ4v) is 1.57. The average Bonchev–Trinajstić information content (AvgIpc) is 3.04. The Kier molecular flexibility index (Phi) is 4.54. The molecule has 0 aromatic heterocycles. The van der Waals surface area contributed by atoms with Crippen molar-refractivity contribution >= 4 is 5.78 Å². The van der Waals surface area contributed by atoms with Gasteiger partial charge in [0.2, 0.25) is 0 Å². The molecule has 1 aromatic carbocycles. The van der Waals surface area contributed by atoms with Crippen LogP contribution in [-0.4, -0.2) is 5.78 Å². The van der Waals surface area contributed by atoms with Crippen molar-refractivity contribution in [3.05, 3.63) is 35.4 Å². The Hall–Kier alpha value is -1.11. The van der Waals surface area contributed by atoms with Crippen molar-refractivity contribution in [1.29, 1.82) is 0 Å². The lowest BCUT2D eigenvalue weighted by Gasteiger charge is -2.00. The van der Waals surface area contributed by atoms with Gasteiger partial charge in [-0.05, 0) is 25.3 Å². The third-order valence-corrected chi connectivity index (χ3v) is 2.49. The largest absolute Gasteiger partial charge is 0.299 e. The Morgan fingerprint density at radius 2 is 2.00 bits per heavy atom. The SMILES string of the molecule is CC.Cc1cccc(CC(=O)C2CC2)c1. The van der Waals surface area contributed by atoms with E-state index < -0.39 is 0 Å². The first-order valence-electron chi connectivity index (χ1n) is 5.84. The van der Waals surface area contributed by atoms with Crippen LogP contribution in [0.4, 0.5) is 0 Å². The minimum atomic E-state index is 0.389. The van der Waals surface area contributed by atoms with E-state index in [4.69, 9.17) is 0 Å². The molecule has 1 nitrogen and oxygen atoms in total.